The van der Waals surface area contributed by atoms with E-state index in [-0.39, 0.29) is 25.7 Å². The molecule has 0 aromatic heterocycles. The molecule has 5 atom stereocenters. The zero-order valence-electron chi connectivity index (χ0n) is 50.0. The highest BCUT2D eigenvalue weighted by molar-refractivity contribution is 7.47. The molecule has 17 nitrogen and oxygen atoms in total. The maximum atomic E-state index is 12.9. The summed E-state index contributed by atoms with van der Waals surface area (Å²) in [4.78, 5) is 71.8. The molecule has 0 fully saturated rings. The van der Waals surface area contributed by atoms with Crippen LogP contribution in [0.4, 0.5) is 0 Å². The van der Waals surface area contributed by atoms with Gasteiger partial charge in [0, 0.05) is 25.7 Å². The maximum Gasteiger partial charge on any atom is 0.472 e. The Morgan fingerprint density at radius 3 is 0.872 bits per heavy atom. The van der Waals surface area contributed by atoms with Crippen molar-refractivity contribution < 1.29 is 80.2 Å². The molecule has 0 amide bonds. The predicted molar refractivity (Wildman–Crippen MR) is 308 cm³/mol. The second kappa shape index (κ2) is 51.9. The van der Waals surface area contributed by atoms with Gasteiger partial charge in [-0.1, -0.05) is 234 Å². The highest BCUT2D eigenvalue weighted by Gasteiger charge is 2.30. The van der Waals surface area contributed by atoms with Gasteiger partial charge >= 0.3 is 39.5 Å². The van der Waals surface area contributed by atoms with Gasteiger partial charge in [-0.15, -0.1) is 0 Å². The number of ether oxygens (including phenoxy) is 4. The van der Waals surface area contributed by atoms with E-state index >= 15 is 0 Å². The van der Waals surface area contributed by atoms with Crippen LogP contribution in [-0.4, -0.2) is 96.7 Å². The van der Waals surface area contributed by atoms with E-state index in [2.05, 4.69) is 41.5 Å². The molecule has 78 heavy (non-hydrogen) atoms. The molecule has 0 radical (unpaired) electrons. The number of carbonyl (C=O) groups is 4. The monoisotopic (exact) mass is 1160 g/mol. The minimum absolute atomic E-state index is 0.103. The van der Waals surface area contributed by atoms with Crippen LogP contribution in [-0.2, 0) is 65.4 Å². The van der Waals surface area contributed by atoms with Crippen LogP contribution in [0.15, 0.2) is 0 Å². The largest absolute Gasteiger partial charge is 0.472 e. The summed E-state index contributed by atoms with van der Waals surface area (Å²) in [7, 11) is -9.87. The minimum atomic E-state index is -4.94. The van der Waals surface area contributed by atoms with Crippen molar-refractivity contribution >= 4 is 39.5 Å². The third-order valence-electron chi connectivity index (χ3n) is 13.5. The quantitative estimate of drug-likeness (QED) is 0.0222. The first kappa shape index (κ1) is 76.1. The fourth-order valence-corrected chi connectivity index (χ4v) is 10.2. The Bertz CT molecular complexity index is 1550. The number of rotatable bonds is 58. The molecule has 0 saturated carbocycles. The average molecular weight is 1160 g/mol. The fraction of sp³-hybridized carbons (Fsp3) is 0.932. The number of esters is 4. The minimum Gasteiger partial charge on any atom is -0.462 e. The third-order valence-corrected chi connectivity index (χ3v) is 15.4. The number of unbranched alkanes of at least 4 members (excludes halogenated alkanes) is 28. The first-order valence-electron chi connectivity index (χ1n) is 31.0. The molecular weight excluding hydrogens is 1040 g/mol. The molecule has 0 aliphatic carbocycles. The first-order chi connectivity index (χ1) is 37.4. The van der Waals surface area contributed by atoms with Crippen LogP contribution in [0.1, 0.15) is 286 Å². The lowest BCUT2D eigenvalue weighted by Gasteiger charge is -2.21. The number of aliphatic hydroxyl groups is 1. The van der Waals surface area contributed by atoms with Gasteiger partial charge in [-0.3, -0.25) is 37.3 Å². The highest BCUT2D eigenvalue weighted by atomic mass is 31.2. The summed E-state index contributed by atoms with van der Waals surface area (Å²) in [6.45, 7) is 9.31. The number of phosphoric acid groups is 2. The van der Waals surface area contributed by atoms with E-state index in [0.29, 0.717) is 31.6 Å². The summed E-state index contributed by atoms with van der Waals surface area (Å²) in [5, 5.41) is 10.5. The molecule has 0 aliphatic rings. The topological polar surface area (TPSA) is 237 Å². The van der Waals surface area contributed by atoms with Crippen LogP contribution in [0.2, 0.25) is 0 Å². The van der Waals surface area contributed by atoms with Gasteiger partial charge in [-0.05, 0) is 37.5 Å². The van der Waals surface area contributed by atoms with Crippen molar-refractivity contribution in [3.05, 3.63) is 0 Å². The van der Waals surface area contributed by atoms with Gasteiger partial charge in [0.1, 0.15) is 19.3 Å². The summed E-state index contributed by atoms with van der Waals surface area (Å²) in [5.74, 6) is -0.724. The van der Waals surface area contributed by atoms with Crippen molar-refractivity contribution in [1.29, 1.82) is 0 Å². The lowest BCUT2D eigenvalue weighted by atomic mass is 10.0. The second-order valence-electron chi connectivity index (χ2n) is 22.3. The van der Waals surface area contributed by atoms with Crippen molar-refractivity contribution in [3.8, 4) is 0 Å². The van der Waals surface area contributed by atoms with Gasteiger partial charge in [0.15, 0.2) is 12.2 Å². The van der Waals surface area contributed by atoms with Crippen LogP contribution in [0.5, 0.6) is 0 Å². The Balaban J connectivity index is 5.22. The smallest absolute Gasteiger partial charge is 0.462 e. The Morgan fingerprint density at radius 2 is 0.590 bits per heavy atom. The molecule has 19 heteroatoms. The zero-order chi connectivity index (χ0) is 58.0. The van der Waals surface area contributed by atoms with Crippen LogP contribution >= 0.6 is 15.6 Å². The number of phosphoric ester groups is 2. The summed E-state index contributed by atoms with van der Waals surface area (Å²) < 4.78 is 67.7. The summed E-state index contributed by atoms with van der Waals surface area (Å²) in [5.41, 5.74) is 0. The van der Waals surface area contributed by atoms with E-state index in [0.717, 1.165) is 115 Å². The Morgan fingerprint density at radius 1 is 0.346 bits per heavy atom. The van der Waals surface area contributed by atoms with Crippen LogP contribution in [0.25, 0.3) is 0 Å². The molecule has 3 N–H and O–H groups in total. The van der Waals surface area contributed by atoms with E-state index in [4.69, 9.17) is 37.0 Å². The predicted octanol–water partition coefficient (Wildman–Crippen LogP) is 15.7. The molecule has 0 spiro atoms. The van der Waals surface area contributed by atoms with Crippen LogP contribution in [0, 0.1) is 11.8 Å². The van der Waals surface area contributed by atoms with Crippen molar-refractivity contribution in [1.82, 2.24) is 0 Å². The van der Waals surface area contributed by atoms with Crippen molar-refractivity contribution in [3.63, 3.8) is 0 Å². The third kappa shape index (κ3) is 53.4. The van der Waals surface area contributed by atoms with Gasteiger partial charge in [0.05, 0.1) is 26.4 Å². The Labute approximate surface area is 473 Å². The van der Waals surface area contributed by atoms with E-state index in [9.17, 15) is 43.2 Å². The number of hydrogen-bond donors (Lipinski definition) is 3. The van der Waals surface area contributed by atoms with Crippen molar-refractivity contribution in [2.45, 2.75) is 304 Å². The Kier molecular flexibility index (Phi) is 50.6. The second-order valence-corrected chi connectivity index (χ2v) is 25.2. The number of aliphatic hydroxyl groups excluding tert-OH is 1. The molecule has 0 aromatic carbocycles. The van der Waals surface area contributed by atoms with Gasteiger partial charge < -0.3 is 33.8 Å². The molecule has 0 aliphatic heterocycles. The molecular formula is C59H114O17P2. The fourth-order valence-electron chi connectivity index (χ4n) is 8.65. The normalized spacial score (nSPS) is 14.4. The summed E-state index contributed by atoms with van der Waals surface area (Å²) >= 11 is 0. The standard InChI is InChI=1S/C59H114O17P2/c1-7-9-11-13-15-16-17-24-31-37-43-58(63)75-54(47-69-56(61)41-35-29-21-14-12-10-8-2)49-73-77(65,66)71-45-53(60)46-72-78(67,68)74-50-55(48-70-57(62)42-36-30-26-20-23-28-34-40-52(5)6)76-59(64)44-38-32-25-19-18-22-27-33-39-51(3)4/h51-55,60H,7-50H2,1-6H3,(H,65,66)(H,67,68)/t53-,54+,55+/m0/s1. The summed E-state index contributed by atoms with van der Waals surface area (Å²) in [6, 6.07) is 0. The van der Waals surface area contributed by atoms with Crippen LogP contribution in [0.3, 0.4) is 0 Å². The molecule has 2 unspecified atom stereocenters. The Hall–Kier alpha value is -1.94. The van der Waals surface area contributed by atoms with E-state index in [1.54, 1.807) is 0 Å². The molecule has 0 aromatic rings. The zero-order valence-corrected chi connectivity index (χ0v) is 51.7. The first-order valence-corrected chi connectivity index (χ1v) is 34.0. The van der Waals surface area contributed by atoms with Crippen molar-refractivity contribution in [2.75, 3.05) is 39.6 Å². The van der Waals surface area contributed by atoms with Crippen LogP contribution < -0.4 is 0 Å². The maximum absolute atomic E-state index is 12.9. The summed E-state index contributed by atoms with van der Waals surface area (Å²) in [6.07, 6.45) is 32.3. The SMILES string of the molecule is CCCCCCCCCCCCC(=O)O[C@H](COC(=O)CCCCCCCCC)COP(=O)(O)OC[C@H](O)COP(=O)(O)OC[C@@H](COC(=O)CCCCCCCCCC(C)C)OC(=O)CCCCCCCCCCC(C)C. The van der Waals surface area contributed by atoms with Gasteiger partial charge in [-0.25, -0.2) is 9.13 Å². The molecule has 0 heterocycles. The van der Waals surface area contributed by atoms with Gasteiger partial charge in [-0.2, -0.15) is 0 Å². The number of hydrogen-bond acceptors (Lipinski definition) is 15. The molecule has 0 rings (SSSR count). The average Bonchev–Trinajstić information content (AvgIpc) is 3.39. The van der Waals surface area contributed by atoms with Gasteiger partial charge in [0.25, 0.3) is 0 Å². The molecule has 0 bridgehead atoms. The van der Waals surface area contributed by atoms with E-state index in [1.165, 1.54) is 83.5 Å². The lowest BCUT2D eigenvalue weighted by molar-refractivity contribution is -0.161. The van der Waals surface area contributed by atoms with Gasteiger partial charge in [0.2, 0.25) is 0 Å². The van der Waals surface area contributed by atoms with E-state index < -0.39 is 97.5 Å². The molecule has 0 saturated heterocycles. The highest BCUT2D eigenvalue weighted by Crippen LogP contribution is 2.45. The van der Waals surface area contributed by atoms with E-state index in [1.807, 2.05) is 0 Å². The molecule has 462 valence electrons. The lowest BCUT2D eigenvalue weighted by Crippen LogP contribution is -2.30. The van der Waals surface area contributed by atoms with Crippen molar-refractivity contribution in [2.24, 2.45) is 11.8 Å². The number of carbonyl (C=O) groups excluding carboxylic acids is 4.